The van der Waals surface area contributed by atoms with Crippen molar-refractivity contribution in [2.45, 2.75) is 38.3 Å². The molecule has 0 amide bonds. The highest BCUT2D eigenvalue weighted by atomic mass is 35.5. The van der Waals surface area contributed by atoms with Crippen molar-refractivity contribution < 1.29 is 19.5 Å². The van der Waals surface area contributed by atoms with Crippen LogP contribution in [0.3, 0.4) is 0 Å². The van der Waals surface area contributed by atoms with E-state index < -0.39 is 23.2 Å². The zero-order valence-corrected chi connectivity index (χ0v) is 13.2. The summed E-state index contributed by atoms with van der Waals surface area (Å²) in [5, 5.41) is 9.69. The van der Waals surface area contributed by atoms with Crippen molar-refractivity contribution >= 4 is 18.4 Å². The van der Waals surface area contributed by atoms with Crippen molar-refractivity contribution in [3.8, 4) is 0 Å². The fraction of sp³-hybridized carbons (Fsp3) is 0.500. The van der Waals surface area contributed by atoms with Gasteiger partial charge in [0.2, 0.25) is 0 Å². The first-order chi connectivity index (χ1) is 10.0. The third-order valence-corrected chi connectivity index (χ3v) is 2.90. The number of nitrogens with zero attached hydrogens (tertiary/aromatic N) is 1. The molecule has 0 aliphatic heterocycles. The fourth-order valence-corrected chi connectivity index (χ4v) is 1.76. The van der Waals surface area contributed by atoms with E-state index in [4.69, 9.17) is 10.5 Å². The molecule has 2 N–H and O–H groups in total. The summed E-state index contributed by atoms with van der Waals surface area (Å²) >= 11 is 0. The van der Waals surface area contributed by atoms with E-state index in [0.29, 0.717) is 12.2 Å². The van der Waals surface area contributed by atoms with Crippen LogP contribution < -0.4 is 5.73 Å². The number of hydrogen-bond donors (Lipinski definition) is 1. The van der Waals surface area contributed by atoms with Gasteiger partial charge in [-0.1, -0.05) is 43.7 Å². The normalized spacial score (nSPS) is 12.6. The van der Waals surface area contributed by atoms with Crippen LogP contribution in [0.25, 0.3) is 0 Å². The number of unbranched alkanes of at least 4 members (excludes halogenated alkanes) is 1. The molecule has 22 heavy (non-hydrogen) atoms. The van der Waals surface area contributed by atoms with Gasteiger partial charge in [-0.15, -0.1) is 22.5 Å². The van der Waals surface area contributed by atoms with E-state index in [0.717, 1.165) is 12.8 Å². The molecule has 2 unspecified atom stereocenters. The standard InChI is InChI=1S/C14H20N2O5.ClH/c1-2-3-9-20-14(17)12(15)10-13(21-16(18)19)11-7-5-4-6-8-11;/h4-8,12-13H,2-3,9-10,15H2,1H3;1H. The van der Waals surface area contributed by atoms with E-state index in [-0.39, 0.29) is 18.8 Å². The summed E-state index contributed by atoms with van der Waals surface area (Å²) in [5.74, 6) is -0.573. The Hall–Kier alpha value is -1.86. The molecule has 0 spiro atoms. The van der Waals surface area contributed by atoms with E-state index in [1.807, 2.05) is 6.92 Å². The van der Waals surface area contributed by atoms with Gasteiger partial charge in [0.05, 0.1) is 6.61 Å². The molecule has 8 heteroatoms. The minimum atomic E-state index is -0.966. The van der Waals surface area contributed by atoms with Gasteiger partial charge in [-0.2, -0.15) is 0 Å². The van der Waals surface area contributed by atoms with Crippen LogP contribution in [0.4, 0.5) is 0 Å². The van der Waals surface area contributed by atoms with Crippen molar-refractivity contribution in [1.29, 1.82) is 0 Å². The number of nitrogens with two attached hydrogens (primary N) is 1. The van der Waals surface area contributed by atoms with E-state index in [1.54, 1.807) is 30.3 Å². The van der Waals surface area contributed by atoms with Crippen molar-refractivity contribution in [3.05, 3.63) is 46.0 Å². The molecule has 0 fully saturated rings. The molecule has 124 valence electrons. The maximum absolute atomic E-state index is 11.7. The van der Waals surface area contributed by atoms with Gasteiger partial charge in [-0.25, -0.2) is 0 Å². The first-order valence-electron chi connectivity index (χ1n) is 6.83. The highest BCUT2D eigenvalue weighted by molar-refractivity contribution is 5.85. The Morgan fingerprint density at radius 2 is 2.00 bits per heavy atom. The summed E-state index contributed by atoms with van der Waals surface area (Å²) in [5.41, 5.74) is 6.33. The highest BCUT2D eigenvalue weighted by Crippen LogP contribution is 2.22. The smallest absolute Gasteiger partial charge is 0.322 e. The molecule has 0 saturated heterocycles. The molecule has 0 bridgehead atoms. The quantitative estimate of drug-likeness (QED) is 0.322. The Balaban J connectivity index is 0.00000441. The predicted octanol–water partition coefficient (Wildman–Crippen LogP) is 2.42. The molecule has 0 aliphatic rings. The first kappa shape index (κ1) is 20.1. The Kier molecular flexibility index (Phi) is 9.89. The minimum absolute atomic E-state index is 0. The third-order valence-electron chi connectivity index (χ3n) is 2.90. The number of hydrogen-bond acceptors (Lipinski definition) is 6. The van der Waals surface area contributed by atoms with E-state index in [2.05, 4.69) is 4.84 Å². The molecule has 0 aliphatic carbocycles. The van der Waals surface area contributed by atoms with Gasteiger partial charge in [0, 0.05) is 6.42 Å². The van der Waals surface area contributed by atoms with Gasteiger partial charge in [0.1, 0.15) is 12.1 Å². The van der Waals surface area contributed by atoms with Crippen LogP contribution in [0.15, 0.2) is 30.3 Å². The van der Waals surface area contributed by atoms with Gasteiger partial charge in [-0.3, -0.25) is 4.79 Å². The summed E-state index contributed by atoms with van der Waals surface area (Å²) in [6, 6.07) is 7.65. The van der Waals surface area contributed by atoms with Gasteiger partial charge < -0.3 is 15.3 Å². The fourth-order valence-electron chi connectivity index (χ4n) is 1.76. The number of rotatable bonds is 9. The van der Waals surface area contributed by atoms with E-state index in [9.17, 15) is 14.9 Å². The lowest BCUT2D eigenvalue weighted by atomic mass is 10.0. The lowest BCUT2D eigenvalue weighted by molar-refractivity contribution is -0.771. The van der Waals surface area contributed by atoms with Gasteiger partial charge in [0.25, 0.3) is 5.09 Å². The summed E-state index contributed by atoms with van der Waals surface area (Å²) in [6.07, 6.45) is 0.747. The Labute approximate surface area is 135 Å². The molecule has 0 heterocycles. The highest BCUT2D eigenvalue weighted by Gasteiger charge is 2.24. The van der Waals surface area contributed by atoms with E-state index >= 15 is 0 Å². The lowest BCUT2D eigenvalue weighted by Gasteiger charge is -2.18. The van der Waals surface area contributed by atoms with Crippen molar-refractivity contribution in [2.75, 3.05) is 6.61 Å². The molecule has 0 aromatic heterocycles. The number of ether oxygens (including phenoxy) is 1. The monoisotopic (exact) mass is 332 g/mol. The van der Waals surface area contributed by atoms with Crippen LogP contribution >= 0.6 is 12.4 Å². The molecule has 1 aromatic carbocycles. The average molecular weight is 333 g/mol. The van der Waals surface area contributed by atoms with Crippen molar-refractivity contribution in [1.82, 2.24) is 0 Å². The van der Waals surface area contributed by atoms with Crippen LogP contribution in [0.2, 0.25) is 0 Å². The van der Waals surface area contributed by atoms with Gasteiger partial charge in [-0.05, 0) is 12.0 Å². The Morgan fingerprint density at radius 1 is 1.36 bits per heavy atom. The molecule has 2 atom stereocenters. The number of halogens is 1. The largest absolute Gasteiger partial charge is 0.465 e. The number of benzene rings is 1. The first-order valence-corrected chi connectivity index (χ1v) is 6.83. The summed E-state index contributed by atoms with van der Waals surface area (Å²) in [7, 11) is 0. The maximum atomic E-state index is 11.7. The third kappa shape index (κ3) is 7.24. The maximum Gasteiger partial charge on any atom is 0.322 e. The predicted molar refractivity (Wildman–Crippen MR) is 83.0 cm³/mol. The summed E-state index contributed by atoms with van der Waals surface area (Å²) in [4.78, 5) is 26.9. The summed E-state index contributed by atoms with van der Waals surface area (Å²) in [6.45, 7) is 2.28. The van der Waals surface area contributed by atoms with Crippen LogP contribution in [-0.2, 0) is 14.4 Å². The Bertz CT molecular complexity index is 458. The topological polar surface area (TPSA) is 105 Å². The molecule has 0 radical (unpaired) electrons. The SMILES string of the molecule is CCCCOC(=O)C(N)CC(O[N+](=O)[O-])c1ccccc1.Cl. The second-order valence-electron chi connectivity index (χ2n) is 4.59. The molecule has 7 nitrogen and oxygen atoms in total. The van der Waals surface area contributed by atoms with Crippen LogP contribution in [-0.4, -0.2) is 23.7 Å². The number of carbonyl (C=O) groups excluding carboxylic acids is 1. The lowest BCUT2D eigenvalue weighted by Crippen LogP contribution is -2.35. The molecular weight excluding hydrogens is 312 g/mol. The molecule has 0 saturated carbocycles. The molecular formula is C14H21ClN2O5. The summed E-state index contributed by atoms with van der Waals surface area (Å²) < 4.78 is 5.00. The zero-order valence-electron chi connectivity index (χ0n) is 12.3. The van der Waals surface area contributed by atoms with Gasteiger partial charge in [0.15, 0.2) is 0 Å². The second kappa shape index (κ2) is 10.8. The van der Waals surface area contributed by atoms with Crippen LogP contribution in [0, 0.1) is 10.1 Å². The Morgan fingerprint density at radius 3 is 2.55 bits per heavy atom. The van der Waals surface area contributed by atoms with Crippen LogP contribution in [0.5, 0.6) is 0 Å². The average Bonchev–Trinajstić information content (AvgIpc) is 2.47. The number of carbonyl (C=O) groups is 1. The van der Waals surface area contributed by atoms with Crippen molar-refractivity contribution in [2.24, 2.45) is 5.73 Å². The van der Waals surface area contributed by atoms with E-state index in [1.165, 1.54) is 0 Å². The second-order valence-corrected chi connectivity index (χ2v) is 4.59. The van der Waals surface area contributed by atoms with Gasteiger partial charge >= 0.3 is 5.97 Å². The van der Waals surface area contributed by atoms with Crippen molar-refractivity contribution in [3.63, 3.8) is 0 Å². The minimum Gasteiger partial charge on any atom is -0.465 e. The molecule has 1 rings (SSSR count). The number of esters is 1. The van der Waals surface area contributed by atoms with Crippen LogP contribution in [0.1, 0.15) is 37.9 Å². The zero-order chi connectivity index (χ0) is 15.7. The molecule has 1 aromatic rings.